The van der Waals surface area contributed by atoms with Gasteiger partial charge < -0.3 is 10.6 Å². The number of aromatic nitrogens is 2. The Morgan fingerprint density at radius 3 is 2.62 bits per heavy atom. The molecule has 3 aromatic rings. The molecular weight excluding hydrogens is 348 g/mol. The molecule has 0 bridgehead atoms. The molecule has 0 fully saturated rings. The highest BCUT2D eigenvalue weighted by Gasteiger charge is 2.11. The second-order valence-corrected chi connectivity index (χ2v) is 6.40. The number of carbonyl (C=O) groups excluding carboxylic acids is 1. The molecule has 0 unspecified atom stereocenters. The highest BCUT2D eigenvalue weighted by atomic mass is 35.5. The summed E-state index contributed by atoms with van der Waals surface area (Å²) in [6.07, 6.45) is 0. The molecule has 0 saturated carbocycles. The van der Waals surface area contributed by atoms with Gasteiger partial charge in [0.15, 0.2) is 0 Å². The lowest BCUT2D eigenvalue weighted by Gasteiger charge is -2.10. The fourth-order valence-corrected chi connectivity index (χ4v) is 2.70. The van der Waals surface area contributed by atoms with Gasteiger partial charge in [-0.15, -0.1) is 0 Å². The smallest absolute Gasteiger partial charge is 0.270 e. The first-order valence-electron chi connectivity index (χ1n) is 8.22. The molecule has 1 heterocycles. The van der Waals surface area contributed by atoms with E-state index in [1.165, 1.54) is 0 Å². The number of hydrogen-bond donors (Lipinski definition) is 2. The van der Waals surface area contributed by atoms with Crippen LogP contribution in [0.4, 0.5) is 11.6 Å². The molecule has 0 aliphatic heterocycles. The number of nitrogens with zero attached hydrogens (tertiary/aromatic N) is 2. The maximum absolute atomic E-state index is 12.5. The Labute approximate surface area is 157 Å². The van der Waals surface area contributed by atoms with Gasteiger partial charge in [0.25, 0.3) is 5.91 Å². The third-order valence-electron chi connectivity index (χ3n) is 3.87. The number of aryl methyl sites for hydroxylation is 2. The summed E-state index contributed by atoms with van der Waals surface area (Å²) < 4.78 is 0. The van der Waals surface area contributed by atoms with Gasteiger partial charge in [-0.25, -0.2) is 9.97 Å². The number of amides is 1. The van der Waals surface area contributed by atoms with E-state index in [4.69, 9.17) is 11.6 Å². The van der Waals surface area contributed by atoms with Gasteiger partial charge >= 0.3 is 0 Å². The summed E-state index contributed by atoms with van der Waals surface area (Å²) in [5.41, 5.74) is 3.98. The molecule has 0 radical (unpaired) electrons. The Morgan fingerprint density at radius 2 is 1.85 bits per heavy atom. The number of carbonyl (C=O) groups is 1. The topological polar surface area (TPSA) is 66.9 Å². The molecule has 132 valence electrons. The van der Waals surface area contributed by atoms with Crippen LogP contribution in [0.2, 0.25) is 5.02 Å². The molecule has 0 spiro atoms. The molecule has 2 N–H and O–H groups in total. The summed E-state index contributed by atoms with van der Waals surface area (Å²) >= 11 is 5.99. The molecule has 3 rings (SSSR count). The van der Waals surface area contributed by atoms with Crippen molar-refractivity contribution >= 4 is 29.1 Å². The van der Waals surface area contributed by atoms with E-state index in [9.17, 15) is 4.79 Å². The quantitative estimate of drug-likeness (QED) is 0.701. The van der Waals surface area contributed by atoms with E-state index < -0.39 is 0 Å². The SMILES string of the molecule is Cc1cc(C(=O)NCc2ccccc2C)nc(Nc2cccc(Cl)c2)n1. The minimum atomic E-state index is -0.243. The lowest BCUT2D eigenvalue weighted by molar-refractivity contribution is 0.0945. The Bertz CT molecular complexity index is 943. The van der Waals surface area contributed by atoms with Crippen molar-refractivity contribution in [1.82, 2.24) is 15.3 Å². The van der Waals surface area contributed by atoms with Crippen LogP contribution in [0.1, 0.15) is 27.3 Å². The zero-order chi connectivity index (χ0) is 18.5. The van der Waals surface area contributed by atoms with Crippen LogP contribution in [-0.2, 0) is 6.54 Å². The van der Waals surface area contributed by atoms with Crippen molar-refractivity contribution in [3.63, 3.8) is 0 Å². The third kappa shape index (κ3) is 4.58. The number of rotatable bonds is 5. The van der Waals surface area contributed by atoms with Crippen LogP contribution in [0.3, 0.4) is 0 Å². The summed E-state index contributed by atoms with van der Waals surface area (Å²) in [6, 6.07) is 16.8. The Morgan fingerprint density at radius 1 is 1.04 bits per heavy atom. The average Bonchev–Trinajstić information content (AvgIpc) is 2.60. The molecule has 6 heteroatoms. The molecule has 0 aliphatic carbocycles. The number of halogens is 1. The van der Waals surface area contributed by atoms with E-state index in [0.717, 1.165) is 16.8 Å². The average molecular weight is 367 g/mol. The highest BCUT2D eigenvalue weighted by molar-refractivity contribution is 6.30. The minimum Gasteiger partial charge on any atom is -0.347 e. The van der Waals surface area contributed by atoms with Crippen LogP contribution >= 0.6 is 11.6 Å². The van der Waals surface area contributed by atoms with Crippen LogP contribution in [0, 0.1) is 13.8 Å². The summed E-state index contributed by atoms with van der Waals surface area (Å²) in [5.74, 6) is 0.112. The minimum absolute atomic E-state index is 0.243. The van der Waals surface area contributed by atoms with E-state index in [-0.39, 0.29) is 5.91 Å². The van der Waals surface area contributed by atoms with Crippen LogP contribution in [0.5, 0.6) is 0 Å². The zero-order valence-electron chi connectivity index (χ0n) is 14.6. The first kappa shape index (κ1) is 17.9. The van der Waals surface area contributed by atoms with Gasteiger partial charge in [-0.2, -0.15) is 0 Å². The summed E-state index contributed by atoms with van der Waals surface area (Å²) in [4.78, 5) is 21.1. The Balaban J connectivity index is 1.74. The second-order valence-electron chi connectivity index (χ2n) is 5.96. The predicted molar refractivity (Wildman–Crippen MR) is 104 cm³/mol. The second kappa shape index (κ2) is 7.97. The number of hydrogen-bond acceptors (Lipinski definition) is 4. The normalized spacial score (nSPS) is 10.4. The lowest BCUT2D eigenvalue weighted by atomic mass is 10.1. The highest BCUT2D eigenvalue weighted by Crippen LogP contribution is 2.18. The van der Waals surface area contributed by atoms with Crippen molar-refractivity contribution in [1.29, 1.82) is 0 Å². The number of anilines is 2. The van der Waals surface area contributed by atoms with E-state index in [1.54, 1.807) is 18.2 Å². The molecule has 1 aromatic heterocycles. The fraction of sp³-hybridized carbons (Fsp3) is 0.150. The summed E-state index contributed by atoms with van der Waals surface area (Å²) in [5, 5.41) is 6.59. The third-order valence-corrected chi connectivity index (χ3v) is 4.10. The maximum Gasteiger partial charge on any atom is 0.270 e. The van der Waals surface area contributed by atoms with E-state index in [1.807, 2.05) is 50.2 Å². The van der Waals surface area contributed by atoms with Gasteiger partial charge in [-0.05, 0) is 49.2 Å². The fourth-order valence-electron chi connectivity index (χ4n) is 2.51. The lowest BCUT2D eigenvalue weighted by Crippen LogP contribution is -2.24. The maximum atomic E-state index is 12.5. The molecule has 0 saturated heterocycles. The first-order chi connectivity index (χ1) is 12.5. The van der Waals surface area contributed by atoms with Crippen LogP contribution < -0.4 is 10.6 Å². The van der Waals surface area contributed by atoms with Crippen molar-refractivity contribution in [2.75, 3.05) is 5.32 Å². The van der Waals surface area contributed by atoms with E-state index >= 15 is 0 Å². The number of benzene rings is 2. The van der Waals surface area contributed by atoms with Gasteiger partial charge in [0.2, 0.25) is 5.95 Å². The van der Waals surface area contributed by atoms with Gasteiger partial charge in [-0.1, -0.05) is 41.9 Å². The van der Waals surface area contributed by atoms with Crippen molar-refractivity contribution in [3.05, 3.63) is 82.1 Å². The van der Waals surface area contributed by atoms with Crippen molar-refractivity contribution < 1.29 is 4.79 Å². The van der Waals surface area contributed by atoms with Crippen molar-refractivity contribution in [2.45, 2.75) is 20.4 Å². The van der Waals surface area contributed by atoms with Crippen molar-refractivity contribution in [3.8, 4) is 0 Å². The van der Waals surface area contributed by atoms with Crippen LogP contribution in [0.15, 0.2) is 54.6 Å². The monoisotopic (exact) mass is 366 g/mol. The van der Waals surface area contributed by atoms with E-state index in [0.29, 0.717) is 28.9 Å². The predicted octanol–water partition coefficient (Wildman–Crippen LogP) is 4.42. The summed E-state index contributed by atoms with van der Waals surface area (Å²) in [7, 11) is 0. The van der Waals surface area contributed by atoms with E-state index in [2.05, 4.69) is 20.6 Å². The Kier molecular flexibility index (Phi) is 5.49. The molecular formula is C20H19ClN4O. The van der Waals surface area contributed by atoms with Gasteiger partial charge in [-0.3, -0.25) is 4.79 Å². The van der Waals surface area contributed by atoms with Crippen LogP contribution in [0.25, 0.3) is 0 Å². The molecule has 0 atom stereocenters. The molecule has 5 nitrogen and oxygen atoms in total. The number of nitrogens with one attached hydrogen (secondary N) is 2. The van der Waals surface area contributed by atoms with Crippen molar-refractivity contribution in [2.24, 2.45) is 0 Å². The molecule has 0 aliphatic rings. The molecule has 1 amide bonds. The molecule has 26 heavy (non-hydrogen) atoms. The van der Waals surface area contributed by atoms with Crippen LogP contribution in [-0.4, -0.2) is 15.9 Å². The molecule has 2 aromatic carbocycles. The standard InChI is InChI=1S/C20H19ClN4O/c1-13-6-3-4-7-15(13)12-22-19(26)18-10-14(2)23-20(25-18)24-17-9-5-8-16(21)11-17/h3-11H,12H2,1-2H3,(H,22,26)(H,23,24,25). The first-order valence-corrected chi connectivity index (χ1v) is 8.60. The Hall–Kier alpha value is -2.92. The van der Waals surface area contributed by atoms with Gasteiger partial charge in [0.1, 0.15) is 5.69 Å². The van der Waals surface area contributed by atoms with Gasteiger partial charge in [0, 0.05) is 22.9 Å². The largest absolute Gasteiger partial charge is 0.347 e. The zero-order valence-corrected chi connectivity index (χ0v) is 15.3. The summed E-state index contributed by atoms with van der Waals surface area (Å²) in [6.45, 7) is 4.29. The van der Waals surface area contributed by atoms with Gasteiger partial charge in [0.05, 0.1) is 0 Å².